The van der Waals surface area contributed by atoms with E-state index >= 15 is 0 Å². The zero-order valence-electron chi connectivity index (χ0n) is 9.20. The summed E-state index contributed by atoms with van der Waals surface area (Å²) in [5.74, 6) is 11.5. The Kier molecular flexibility index (Phi) is 2.59. The normalized spacial score (nSPS) is 10.5. The van der Waals surface area contributed by atoms with Gasteiger partial charge in [0, 0.05) is 0 Å². The summed E-state index contributed by atoms with van der Waals surface area (Å²) < 4.78 is 0. The molecule has 1 heterocycles. The lowest BCUT2D eigenvalue weighted by atomic mass is 10.1. The summed E-state index contributed by atoms with van der Waals surface area (Å²) in [5, 5.41) is 0. The van der Waals surface area contributed by atoms with Gasteiger partial charge in [0.15, 0.2) is 11.6 Å². The molecule has 6 nitrogen and oxygen atoms in total. The number of benzene rings is 1. The van der Waals surface area contributed by atoms with Gasteiger partial charge < -0.3 is 10.9 Å². The molecule has 0 unspecified atom stereocenters. The van der Waals surface area contributed by atoms with E-state index in [2.05, 4.69) is 20.8 Å². The maximum absolute atomic E-state index is 5.34. The van der Waals surface area contributed by atoms with E-state index in [-0.39, 0.29) is 0 Å². The minimum absolute atomic E-state index is 0.429. The van der Waals surface area contributed by atoms with Gasteiger partial charge in [0.05, 0.1) is 11.0 Å². The minimum Gasteiger partial charge on any atom is -0.305 e. The number of nitrogens with one attached hydrogen (secondary N) is 2. The fraction of sp³-hybridized carbons (Fsp3) is 0.200. The van der Waals surface area contributed by atoms with Crippen molar-refractivity contribution in [2.45, 2.75) is 13.8 Å². The molecule has 0 saturated carbocycles. The first-order chi connectivity index (χ1) is 7.65. The molecule has 6 N–H and O–H groups in total. The number of hydrazine groups is 2. The predicted molar refractivity (Wildman–Crippen MR) is 64.6 cm³/mol. The standard InChI is InChI=1S/C10H14N6/c1-5-3-7-8(4-6(5)2)14-10(16-12)9(13-7)15-11/h3-4H,11-12H2,1-2H3,(H,13,15)(H,14,16). The van der Waals surface area contributed by atoms with E-state index in [0.717, 1.165) is 11.0 Å². The first kappa shape index (κ1) is 10.6. The van der Waals surface area contributed by atoms with Crippen LogP contribution in [0.3, 0.4) is 0 Å². The van der Waals surface area contributed by atoms with E-state index in [1.165, 1.54) is 11.1 Å². The van der Waals surface area contributed by atoms with Crippen LogP contribution in [-0.4, -0.2) is 9.97 Å². The lowest BCUT2D eigenvalue weighted by Crippen LogP contribution is -2.16. The predicted octanol–water partition coefficient (Wildman–Crippen LogP) is 0.818. The van der Waals surface area contributed by atoms with E-state index < -0.39 is 0 Å². The quantitative estimate of drug-likeness (QED) is 0.439. The Morgan fingerprint density at radius 1 is 0.875 bits per heavy atom. The molecular formula is C10H14N6. The molecule has 6 heteroatoms. The number of hydrogen-bond acceptors (Lipinski definition) is 6. The summed E-state index contributed by atoms with van der Waals surface area (Å²) in [6, 6.07) is 3.94. The molecule has 84 valence electrons. The van der Waals surface area contributed by atoms with Crippen molar-refractivity contribution in [3.8, 4) is 0 Å². The fourth-order valence-corrected chi connectivity index (χ4v) is 1.51. The molecule has 0 spiro atoms. The average Bonchev–Trinajstić information content (AvgIpc) is 2.29. The van der Waals surface area contributed by atoms with Gasteiger partial charge in [0.25, 0.3) is 0 Å². The molecule has 0 aliphatic carbocycles. The average molecular weight is 218 g/mol. The molecule has 0 radical (unpaired) electrons. The summed E-state index contributed by atoms with van der Waals surface area (Å²) in [6.45, 7) is 4.06. The van der Waals surface area contributed by atoms with Crippen molar-refractivity contribution in [3.63, 3.8) is 0 Å². The van der Waals surface area contributed by atoms with Crippen LogP contribution in [0.1, 0.15) is 11.1 Å². The summed E-state index contributed by atoms with van der Waals surface area (Å²) in [6.07, 6.45) is 0. The highest BCUT2D eigenvalue weighted by Gasteiger charge is 2.07. The fourth-order valence-electron chi connectivity index (χ4n) is 1.51. The number of anilines is 2. The Morgan fingerprint density at radius 3 is 1.56 bits per heavy atom. The zero-order valence-corrected chi connectivity index (χ0v) is 9.20. The lowest BCUT2D eigenvalue weighted by Gasteiger charge is -2.09. The van der Waals surface area contributed by atoms with Gasteiger partial charge >= 0.3 is 0 Å². The van der Waals surface area contributed by atoms with Crippen LogP contribution < -0.4 is 22.5 Å². The molecule has 2 aromatic rings. The molecular weight excluding hydrogens is 204 g/mol. The van der Waals surface area contributed by atoms with Crippen LogP contribution in [0.15, 0.2) is 12.1 Å². The second kappa shape index (κ2) is 3.92. The monoisotopic (exact) mass is 218 g/mol. The van der Waals surface area contributed by atoms with E-state index in [1.807, 2.05) is 26.0 Å². The maximum atomic E-state index is 5.34. The van der Waals surface area contributed by atoms with Gasteiger partial charge in [-0.05, 0) is 37.1 Å². The molecule has 0 aliphatic rings. The van der Waals surface area contributed by atoms with Gasteiger partial charge in [0.2, 0.25) is 0 Å². The molecule has 0 aliphatic heterocycles. The van der Waals surface area contributed by atoms with Crippen LogP contribution >= 0.6 is 0 Å². The van der Waals surface area contributed by atoms with Crippen molar-refractivity contribution in [1.29, 1.82) is 0 Å². The van der Waals surface area contributed by atoms with E-state index in [0.29, 0.717) is 11.6 Å². The van der Waals surface area contributed by atoms with Gasteiger partial charge in [-0.3, -0.25) is 0 Å². The van der Waals surface area contributed by atoms with Crippen molar-refractivity contribution in [3.05, 3.63) is 23.3 Å². The Hall–Kier alpha value is -1.92. The van der Waals surface area contributed by atoms with Gasteiger partial charge in [-0.1, -0.05) is 0 Å². The molecule has 0 fully saturated rings. The highest BCUT2D eigenvalue weighted by molar-refractivity contribution is 5.81. The van der Waals surface area contributed by atoms with Gasteiger partial charge in [0.1, 0.15) is 0 Å². The van der Waals surface area contributed by atoms with Gasteiger partial charge in [-0.25, -0.2) is 21.7 Å². The highest BCUT2D eigenvalue weighted by atomic mass is 15.3. The maximum Gasteiger partial charge on any atom is 0.185 e. The molecule has 1 aromatic heterocycles. The largest absolute Gasteiger partial charge is 0.305 e. The molecule has 2 rings (SSSR count). The Bertz CT molecular complexity index is 488. The summed E-state index contributed by atoms with van der Waals surface area (Å²) in [7, 11) is 0. The van der Waals surface area contributed by atoms with Crippen molar-refractivity contribution < 1.29 is 0 Å². The van der Waals surface area contributed by atoms with Crippen LogP contribution in [0, 0.1) is 13.8 Å². The summed E-state index contributed by atoms with van der Waals surface area (Å²) in [4.78, 5) is 8.65. The zero-order chi connectivity index (χ0) is 11.7. The van der Waals surface area contributed by atoms with Crippen LogP contribution in [0.4, 0.5) is 11.6 Å². The lowest BCUT2D eigenvalue weighted by molar-refractivity contribution is 1.17. The first-order valence-electron chi connectivity index (χ1n) is 4.88. The van der Waals surface area contributed by atoms with E-state index in [9.17, 15) is 0 Å². The van der Waals surface area contributed by atoms with Gasteiger partial charge in [-0.15, -0.1) is 0 Å². The number of rotatable bonds is 2. The Balaban J connectivity index is 2.73. The second-order valence-electron chi connectivity index (χ2n) is 3.63. The third-order valence-corrected chi connectivity index (χ3v) is 2.55. The van der Waals surface area contributed by atoms with Gasteiger partial charge in [-0.2, -0.15) is 0 Å². The number of aromatic nitrogens is 2. The van der Waals surface area contributed by atoms with E-state index in [4.69, 9.17) is 11.7 Å². The van der Waals surface area contributed by atoms with Crippen LogP contribution in [0.5, 0.6) is 0 Å². The topological polar surface area (TPSA) is 102 Å². The summed E-state index contributed by atoms with van der Waals surface area (Å²) in [5.41, 5.74) is 8.82. The molecule has 0 saturated heterocycles. The molecule has 0 amide bonds. The van der Waals surface area contributed by atoms with Crippen LogP contribution in [-0.2, 0) is 0 Å². The van der Waals surface area contributed by atoms with Crippen molar-refractivity contribution in [1.82, 2.24) is 9.97 Å². The highest BCUT2D eigenvalue weighted by Crippen LogP contribution is 2.22. The van der Waals surface area contributed by atoms with E-state index in [1.54, 1.807) is 0 Å². The number of fused-ring (bicyclic) bond motifs is 1. The Labute approximate surface area is 93.0 Å². The van der Waals surface area contributed by atoms with Crippen molar-refractivity contribution in [2.75, 3.05) is 10.9 Å². The van der Waals surface area contributed by atoms with Crippen molar-refractivity contribution in [2.24, 2.45) is 11.7 Å². The molecule has 16 heavy (non-hydrogen) atoms. The minimum atomic E-state index is 0.429. The molecule has 0 atom stereocenters. The Morgan fingerprint density at radius 2 is 1.25 bits per heavy atom. The third-order valence-electron chi connectivity index (χ3n) is 2.55. The first-order valence-corrected chi connectivity index (χ1v) is 4.88. The smallest absolute Gasteiger partial charge is 0.185 e. The summed E-state index contributed by atoms with van der Waals surface area (Å²) >= 11 is 0. The molecule has 0 bridgehead atoms. The van der Waals surface area contributed by atoms with Crippen LogP contribution in [0.25, 0.3) is 11.0 Å². The SMILES string of the molecule is Cc1cc2nc(NN)c(NN)nc2cc1C. The van der Waals surface area contributed by atoms with Crippen molar-refractivity contribution >= 4 is 22.7 Å². The number of aryl methyl sites for hydroxylation is 2. The number of nitrogens with two attached hydrogens (primary N) is 2. The second-order valence-corrected chi connectivity index (χ2v) is 3.63. The number of nitrogen functional groups attached to an aromatic ring is 2. The molecule has 1 aromatic carbocycles. The third kappa shape index (κ3) is 1.64. The number of nitrogens with zero attached hydrogens (tertiary/aromatic N) is 2. The number of hydrogen-bond donors (Lipinski definition) is 4. The van der Waals surface area contributed by atoms with Crippen LogP contribution in [0.2, 0.25) is 0 Å².